The molecule has 29 heavy (non-hydrogen) atoms. The zero-order chi connectivity index (χ0) is 20.6. The van der Waals surface area contributed by atoms with E-state index in [1.807, 2.05) is 54.6 Å². The van der Waals surface area contributed by atoms with E-state index in [0.29, 0.717) is 25.9 Å². The van der Waals surface area contributed by atoms with Crippen LogP contribution in [-0.4, -0.2) is 41.6 Å². The third kappa shape index (κ3) is 5.42. The first-order valence-electron chi connectivity index (χ1n) is 9.78. The maximum absolute atomic E-state index is 12.8. The Hall–Kier alpha value is -3.19. The minimum Gasteiger partial charge on any atom is -0.350 e. The molecule has 1 fully saturated rings. The summed E-state index contributed by atoms with van der Waals surface area (Å²) in [4.78, 5) is 27.2. The summed E-state index contributed by atoms with van der Waals surface area (Å²) in [5.74, 6) is 4.83. The van der Waals surface area contributed by atoms with Crippen LogP contribution in [0.3, 0.4) is 0 Å². The molecule has 1 aliphatic rings. The first-order valence-corrected chi connectivity index (χ1v) is 9.78. The van der Waals surface area contributed by atoms with Crippen LogP contribution in [0, 0.1) is 0 Å². The largest absolute Gasteiger partial charge is 0.350 e. The predicted molar refractivity (Wildman–Crippen MR) is 113 cm³/mol. The van der Waals surface area contributed by atoms with Gasteiger partial charge in [0.15, 0.2) is 0 Å². The first-order chi connectivity index (χ1) is 14.1. The molecule has 0 aromatic heterocycles. The molecule has 7 nitrogen and oxygen atoms in total. The van der Waals surface area contributed by atoms with Crippen LogP contribution in [0.25, 0.3) is 0 Å². The summed E-state index contributed by atoms with van der Waals surface area (Å²) in [6, 6.07) is 16.1. The van der Waals surface area contributed by atoms with Crippen molar-refractivity contribution in [2.75, 3.05) is 6.54 Å². The molecule has 0 bridgehead atoms. The molecule has 1 saturated heterocycles. The molecule has 2 aromatic rings. The highest BCUT2D eigenvalue weighted by molar-refractivity contribution is 5.90. The molecule has 2 amide bonds. The standard InChI is InChI=1S/C22H27N5O2/c23-19(13-16-5-2-1-3-6-16)22(29)27-12-4-7-20(27)21(28)25-14-17-8-10-18(11-9-17)15-26-24/h1-3,5-6,8-11,15,19-20H,4,7,12-14,23-24H2,(H,25,28)/t19?,20-/m0/s1. The number of hydrogen-bond donors (Lipinski definition) is 3. The Kier molecular flexibility index (Phi) is 6.97. The fourth-order valence-corrected chi connectivity index (χ4v) is 3.59. The maximum atomic E-state index is 12.8. The number of nitrogens with one attached hydrogen (secondary N) is 1. The average molecular weight is 393 g/mol. The summed E-state index contributed by atoms with van der Waals surface area (Å²) in [6.07, 6.45) is 3.47. The lowest BCUT2D eigenvalue weighted by atomic mass is 10.1. The number of likely N-dealkylation sites (tertiary alicyclic amines) is 1. The second-order valence-electron chi connectivity index (χ2n) is 7.22. The zero-order valence-corrected chi connectivity index (χ0v) is 16.3. The maximum Gasteiger partial charge on any atom is 0.243 e. The molecule has 1 unspecified atom stereocenters. The summed E-state index contributed by atoms with van der Waals surface area (Å²) < 4.78 is 0. The number of benzene rings is 2. The van der Waals surface area contributed by atoms with Crippen LogP contribution in [0.4, 0.5) is 0 Å². The number of rotatable bonds is 7. The summed E-state index contributed by atoms with van der Waals surface area (Å²) in [7, 11) is 0. The van der Waals surface area contributed by atoms with E-state index in [9.17, 15) is 9.59 Å². The van der Waals surface area contributed by atoms with Gasteiger partial charge in [-0.15, -0.1) is 0 Å². The second kappa shape index (κ2) is 9.84. The van der Waals surface area contributed by atoms with E-state index >= 15 is 0 Å². The number of hydrogen-bond acceptors (Lipinski definition) is 5. The van der Waals surface area contributed by atoms with Crippen LogP contribution in [-0.2, 0) is 22.6 Å². The summed E-state index contributed by atoms with van der Waals surface area (Å²) >= 11 is 0. The van der Waals surface area contributed by atoms with Gasteiger partial charge in [-0.2, -0.15) is 5.10 Å². The molecule has 1 heterocycles. The molecule has 1 aliphatic heterocycles. The Morgan fingerprint density at radius 3 is 2.55 bits per heavy atom. The minimum absolute atomic E-state index is 0.143. The molecule has 0 saturated carbocycles. The van der Waals surface area contributed by atoms with Gasteiger partial charge in [-0.05, 0) is 36.0 Å². The van der Waals surface area contributed by atoms with Gasteiger partial charge in [-0.25, -0.2) is 0 Å². The van der Waals surface area contributed by atoms with Crippen LogP contribution in [0.15, 0.2) is 59.7 Å². The van der Waals surface area contributed by atoms with Gasteiger partial charge in [0.1, 0.15) is 6.04 Å². The van der Waals surface area contributed by atoms with Gasteiger partial charge in [-0.1, -0.05) is 54.6 Å². The van der Waals surface area contributed by atoms with Crippen molar-refractivity contribution in [3.63, 3.8) is 0 Å². The van der Waals surface area contributed by atoms with Gasteiger partial charge in [0.2, 0.25) is 11.8 Å². The molecule has 3 rings (SSSR count). The van der Waals surface area contributed by atoms with Gasteiger partial charge >= 0.3 is 0 Å². The van der Waals surface area contributed by atoms with Gasteiger partial charge in [0, 0.05) is 13.1 Å². The van der Waals surface area contributed by atoms with Crippen molar-refractivity contribution in [2.24, 2.45) is 16.7 Å². The molecule has 2 aromatic carbocycles. The number of amides is 2. The Balaban J connectivity index is 1.56. The molecule has 152 valence electrons. The molecule has 5 N–H and O–H groups in total. The van der Waals surface area contributed by atoms with Crippen LogP contribution >= 0.6 is 0 Å². The molecule has 0 radical (unpaired) electrons. The van der Waals surface area contributed by atoms with E-state index in [4.69, 9.17) is 11.6 Å². The van der Waals surface area contributed by atoms with Crippen molar-refractivity contribution in [3.05, 3.63) is 71.3 Å². The van der Waals surface area contributed by atoms with Crippen LogP contribution in [0.1, 0.15) is 29.5 Å². The van der Waals surface area contributed by atoms with Crippen molar-refractivity contribution < 1.29 is 9.59 Å². The Morgan fingerprint density at radius 1 is 1.14 bits per heavy atom. The van der Waals surface area contributed by atoms with Gasteiger partial charge in [0.25, 0.3) is 0 Å². The van der Waals surface area contributed by atoms with Crippen molar-refractivity contribution in [2.45, 2.75) is 37.9 Å². The number of carbonyl (C=O) groups excluding carboxylic acids is 2. The number of nitrogens with two attached hydrogens (primary N) is 2. The van der Waals surface area contributed by atoms with E-state index in [1.165, 1.54) is 0 Å². The fourth-order valence-electron chi connectivity index (χ4n) is 3.59. The predicted octanol–water partition coefficient (Wildman–Crippen LogP) is 1.16. The summed E-state index contributed by atoms with van der Waals surface area (Å²) in [6.45, 7) is 0.958. The van der Waals surface area contributed by atoms with Crippen LogP contribution in [0.2, 0.25) is 0 Å². The Morgan fingerprint density at radius 2 is 1.86 bits per heavy atom. The normalized spacial score (nSPS) is 17.4. The van der Waals surface area contributed by atoms with Crippen molar-refractivity contribution in [1.82, 2.24) is 10.2 Å². The summed E-state index contributed by atoms with van der Waals surface area (Å²) in [5, 5.41) is 6.42. The quantitative estimate of drug-likeness (QED) is 0.372. The van der Waals surface area contributed by atoms with E-state index in [2.05, 4.69) is 10.4 Å². The number of nitrogens with zero attached hydrogens (tertiary/aromatic N) is 2. The van der Waals surface area contributed by atoms with Gasteiger partial charge in [-0.3, -0.25) is 9.59 Å². The third-order valence-corrected chi connectivity index (χ3v) is 5.12. The second-order valence-corrected chi connectivity index (χ2v) is 7.22. The average Bonchev–Trinajstić information content (AvgIpc) is 3.23. The van der Waals surface area contributed by atoms with E-state index < -0.39 is 12.1 Å². The lowest BCUT2D eigenvalue weighted by molar-refractivity contribution is -0.139. The summed E-state index contributed by atoms with van der Waals surface area (Å²) in [5.41, 5.74) is 9.02. The lowest BCUT2D eigenvalue weighted by Gasteiger charge is -2.26. The van der Waals surface area contributed by atoms with Crippen molar-refractivity contribution >= 4 is 18.0 Å². The Labute approximate surface area is 170 Å². The molecular formula is C22H27N5O2. The van der Waals surface area contributed by atoms with Gasteiger partial charge < -0.3 is 21.8 Å². The Bertz CT molecular complexity index is 851. The van der Waals surface area contributed by atoms with Gasteiger partial charge in [0.05, 0.1) is 12.3 Å². The molecule has 0 aliphatic carbocycles. The van der Waals surface area contributed by atoms with Crippen LogP contribution < -0.4 is 16.9 Å². The highest BCUT2D eigenvalue weighted by Crippen LogP contribution is 2.19. The van der Waals surface area contributed by atoms with Crippen molar-refractivity contribution in [3.8, 4) is 0 Å². The zero-order valence-electron chi connectivity index (χ0n) is 16.3. The van der Waals surface area contributed by atoms with Crippen LogP contribution in [0.5, 0.6) is 0 Å². The third-order valence-electron chi connectivity index (χ3n) is 5.12. The van der Waals surface area contributed by atoms with E-state index in [1.54, 1.807) is 11.1 Å². The molecule has 7 heteroatoms. The highest BCUT2D eigenvalue weighted by Gasteiger charge is 2.35. The lowest BCUT2D eigenvalue weighted by Crippen LogP contribution is -2.51. The van der Waals surface area contributed by atoms with Crippen molar-refractivity contribution in [1.29, 1.82) is 0 Å². The highest BCUT2D eigenvalue weighted by atomic mass is 16.2. The minimum atomic E-state index is -0.650. The first kappa shape index (κ1) is 20.5. The molecule has 2 atom stereocenters. The number of carbonyl (C=O) groups is 2. The molecular weight excluding hydrogens is 366 g/mol. The topological polar surface area (TPSA) is 114 Å². The monoisotopic (exact) mass is 393 g/mol. The van der Waals surface area contributed by atoms with E-state index in [0.717, 1.165) is 23.1 Å². The number of hydrazone groups is 1. The SMILES string of the molecule is NN=Cc1ccc(CNC(=O)[C@@H]2CCCN2C(=O)C(N)Cc2ccccc2)cc1. The van der Waals surface area contributed by atoms with E-state index in [-0.39, 0.29) is 11.8 Å². The smallest absolute Gasteiger partial charge is 0.243 e. The fraction of sp³-hybridized carbons (Fsp3) is 0.318. The molecule has 0 spiro atoms.